The molecule has 0 spiro atoms. The number of nitrogens with zero attached hydrogens (tertiary/aromatic N) is 3. The molecule has 0 bridgehead atoms. The Balaban J connectivity index is 2.01. The first kappa shape index (κ1) is 10.6. The highest BCUT2D eigenvalue weighted by molar-refractivity contribution is 5.02. The Kier molecular flexibility index (Phi) is 3.07. The largest absolute Gasteiger partial charge is 0.326 e. The molecule has 4 heteroatoms. The summed E-state index contributed by atoms with van der Waals surface area (Å²) in [7, 11) is 0. The number of aromatic nitrogens is 2. The highest BCUT2D eigenvalue weighted by atomic mass is 15.3. The van der Waals surface area contributed by atoms with Crippen LogP contribution in [0.5, 0.6) is 0 Å². The van der Waals surface area contributed by atoms with Gasteiger partial charge in [0.15, 0.2) is 0 Å². The molecule has 0 amide bonds. The second kappa shape index (κ2) is 4.33. The van der Waals surface area contributed by atoms with Gasteiger partial charge in [0.05, 0.1) is 5.69 Å². The van der Waals surface area contributed by atoms with E-state index in [9.17, 15) is 0 Å². The van der Waals surface area contributed by atoms with Gasteiger partial charge in [0.25, 0.3) is 0 Å². The highest BCUT2D eigenvalue weighted by Crippen LogP contribution is 2.14. The van der Waals surface area contributed by atoms with Crippen molar-refractivity contribution < 1.29 is 0 Å². The van der Waals surface area contributed by atoms with Gasteiger partial charge in [0.1, 0.15) is 0 Å². The molecule has 0 unspecified atom stereocenters. The molecule has 0 aliphatic carbocycles. The van der Waals surface area contributed by atoms with Crippen molar-refractivity contribution in [2.45, 2.75) is 38.9 Å². The lowest BCUT2D eigenvalue weighted by Gasteiger charge is -2.17. The lowest BCUT2D eigenvalue weighted by atomic mass is 10.3. The molecule has 1 aliphatic heterocycles. The molecule has 15 heavy (non-hydrogen) atoms. The van der Waals surface area contributed by atoms with Gasteiger partial charge in [0.2, 0.25) is 0 Å². The van der Waals surface area contributed by atoms with E-state index in [2.05, 4.69) is 34.6 Å². The third-order valence-electron chi connectivity index (χ3n) is 2.94. The van der Waals surface area contributed by atoms with Crippen molar-refractivity contribution >= 4 is 0 Å². The van der Waals surface area contributed by atoms with E-state index in [0.717, 1.165) is 26.1 Å². The molecule has 2 rings (SSSR count). The molecule has 1 aliphatic rings. The number of hydrogen-bond donors (Lipinski definition) is 1. The molecule has 4 nitrogen and oxygen atoms in total. The molecular formula is C11H20N4. The summed E-state index contributed by atoms with van der Waals surface area (Å²) in [5.41, 5.74) is 7.18. The first-order valence-corrected chi connectivity index (χ1v) is 5.67. The van der Waals surface area contributed by atoms with Crippen LogP contribution < -0.4 is 5.73 Å². The van der Waals surface area contributed by atoms with Gasteiger partial charge in [-0.05, 0) is 26.3 Å². The first-order chi connectivity index (χ1) is 7.16. The fourth-order valence-electron chi connectivity index (χ4n) is 2.17. The number of nitrogens with two attached hydrogens (primary N) is 1. The smallest absolute Gasteiger partial charge is 0.0527 e. The van der Waals surface area contributed by atoms with Gasteiger partial charge in [-0.25, -0.2) is 0 Å². The van der Waals surface area contributed by atoms with Crippen LogP contribution in [-0.2, 0) is 6.54 Å². The summed E-state index contributed by atoms with van der Waals surface area (Å²) in [5, 5.41) is 4.34. The lowest BCUT2D eigenvalue weighted by molar-refractivity contribution is 0.310. The second-order valence-corrected chi connectivity index (χ2v) is 4.64. The van der Waals surface area contributed by atoms with Crippen LogP contribution in [0.4, 0.5) is 0 Å². The zero-order chi connectivity index (χ0) is 10.8. The van der Waals surface area contributed by atoms with Crippen molar-refractivity contribution in [3.05, 3.63) is 18.0 Å². The summed E-state index contributed by atoms with van der Waals surface area (Å²) >= 11 is 0. The predicted octanol–water partition coefficient (Wildman–Crippen LogP) is 0.997. The molecule has 1 aromatic rings. The average molecular weight is 208 g/mol. The van der Waals surface area contributed by atoms with Gasteiger partial charge in [-0.3, -0.25) is 9.58 Å². The van der Waals surface area contributed by atoms with Crippen LogP contribution in [0, 0.1) is 0 Å². The second-order valence-electron chi connectivity index (χ2n) is 4.64. The fourth-order valence-corrected chi connectivity index (χ4v) is 2.17. The molecule has 0 saturated carbocycles. The van der Waals surface area contributed by atoms with Crippen molar-refractivity contribution in [3.8, 4) is 0 Å². The van der Waals surface area contributed by atoms with Crippen LogP contribution >= 0.6 is 0 Å². The van der Waals surface area contributed by atoms with E-state index in [1.54, 1.807) is 0 Å². The molecule has 1 saturated heterocycles. The van der Waals surface area contributed by atoms with Crippen LogP contribution in [0.3, 0.4) is 0 Å². The van der Waals surface area contributed by atoms with E-state index < -0.39 is 0 Å². The summed E-state index contributed by atoms with van der Waals surface area (Å²) in [6.45, 7) is 7.43. The summed E-state index contributed by atoms with van der Waals surface area (Å²) in [4.78, 5) is 2.40. The number of rotatable bonds is 3. The van der Waals surface area contributed by atoms with E-state index in [-0.39, 0.29) is 0 Å². The minimum Gasteiger partial charge on any atom is -0.326 e. The Labute approximate surface area is 91.1 Å². The Hall–Kier alpha value is -0.870. The molecule has 1 aromatic heterocycles. The van der Waals surface area contributed by atoms with Gasteiger partial charge in [0, 0.05) is 37.9 Å². The van der Waals surface area contributed by atoms with Crippen molar-refractivity contribution in [2.75, 3.05) is 13.1 Å². The summed E-state index contributed by atoms with van der Waals surface area (Å²) in [6.07, 6.45) is 3.00. The molecular weight excluding hydrogens is 188 g/mol. The maximum Gasteiger partial charge on any atom is 0.0527 e. The summed E-state index contributed by atoms with van der Waals surface area (Å²) in [6, 6.07) is 2.90. The average Bonchev–Trinajstić information content (AvgIpc) is 2.75. The topological polar surface area (TPSA) is 47.1 Å². The van der Waals surface area contributed by atoms with Gasteiger partial charge in [-0.2, -0.15) is 5.10 Å². The van der Waals surface area contributed by atoms with E-state index in [1.807, 2.05) is 6.20 Å². The molecule has 2 heterocycles. The van der Waals surface area contributed by atoms with E-state index >= 15 is 0 Å². The quantitative estimate of drug-likeness (QED) is 0.806. The standard InChI is InChI=1S/C11H20N4/c1-9(2)15-11(3-5-13-15)8-14-6-4-10(12)7-14/h3,5,9-10H,4,6-8,12H2,1-2H3/t10-/m0/s1. The maximum atomic E-state index is 5.89. The Morgan fingerprint density at radius 1 is 1.60 bits per heavy atom. The molecule has 1 atom stereocenters. The maximum absolute atomic E-state index is 5.89. The van der Waals surface area contributed by atoms with Crippen molar-refractivity contribution in [2.24, 2.45) is 5.73 Å². The van der Waals surface area contributed by atoms with Crippen LogP contribution in [0.25, 0.3) is 0 Å². The molecule has 0 aromatic carbocycles. The van der Waals surface area contributed by atoms with E-state index in [4.69, 9.17) is 5.73 Å². The summed E-state index contributed by atoms with van der Waals surface area (Å²) in [5.74, 6) is 0. The van der Waals surface area contributed by atoms with Crippen molar-refractivity contribution in [3.63, 3.8) is 0 Å². The lowest BCUT2D eigenvalue weighted by Crippen LogP contribution is -2.27. The molecule has 2 N–H and O–H groups in total. The third-order valence-corrected chi connectivity index (χ3v) is 2.94. The normalized spacial score (nSPS) is 22.8. The van der Waals surface area contributed by atoms with Gasteiger partial charge in [-0.1, -0.05) is 0 Å². The number of hydrogen-bond acceptors (Lipinski definition) is 3. The zero-order valence-electron chi connectivity index (χ0n) is 9.56. The van der Waals surface area contributed by atoms with Crippen LogP contribution in [0.2, 0.25) is 0 Å². The highest BCUT2D eigenvalue weighted by Gasteiger charge is 2.20. The fraction of sp³-hybridized carbons (Fsp3) is 0.727. The monoisotopic (exact) mass is 208 g/mol. The van der Waals surface area contributed by atoms with Crippen LogP contribution in [0.1, 0.15) is 32.0 Å². The Morgan fingerprint density at radius 3 is 3.00 bits per heavy atom. The van der Waals surface area contributed by atoms with E-state index in [1.165, 1.54) is 5.69 Å². The van der Waals surface area contributed by atoms with Gasteiger partial charge in [-0.15, -0.1) is 0 Å². The predicted molar refractivity (Wildman–Crippen MR) is 60.5 cm³/mol. The van der Waals surface area contributed by atoms with Gasteiger partial charge >= 0.3 is 0 Å². The summed E-state index contributed by atoms with van der Waals surface area (Å²) < 4.78 is 2.09. The van der Waals surface area contributed by atoms with Crippen molar-refractivity contribution in [1.29, 1.82) is 0 Å². The van der Waals surface area contributed by atoms with Crippen LogP contribution in [0.15, 0.2) is 12.3 Å². The molecule has 84 valence electrons. The Morgan fingerprint density at radius 2 is 2.40 bits per heavy atom. The van der Waals surface area contributed by atoms with E-state index in [0.29, 0.717) is 12.1 Å². The zero-order valence-corrected chi connectivity index (χ0v) is 9.56. The van der Waals surface area contributed by atoms with Gasteiger partial charge < -0.3 is 5.73 Å². The first-order valence-electron chi connectivity index (χ1n) is 5.67. The minimum absolute atomic E-state index is 0.362. The SMILES string of the molecule is CC(C)n1nccc1CN1CC[C@H](N)C1. The minimum atomic E-state index is 0.362. The third kappa shape index (κ3) is 2.38. The molecule has 0 radical (unpaired) electrons. The Bertz CT molecular complexity index is 318. The van der Waals surface area contributed by atoms with Crippen LogP contribution in [-0.4, -0.2) is 33.8 Å². The molecule has 1 fully saturated rings. The number of likely N-dealkylation sites (tertiary alicyclic amines) is 1. The van der Waals surface area contributed by atoms with Crippen molar-refractivity contribution in [1.82, 2.24) is 14.7 Å².